The van der Waals surface area contributed by atoms with E-state index in [1.807, 2.05) is 20.8 Å². The van der Waals surface area contributed by atoms with Crippen LogP contribution >= 0.6 is 11.6 Å². The second-order valence-corrected chi connectivity index (χ2v) is 5.35. The van der Waals surface area contributed by atoms with Crippen LogP contribution in [0.25, 0.3) is 0 Å². The van der Waals surface area contributed by atoms with Crippen molar-refractivity contribution in [2.24, 2.45) is 5.41 Å². The Morgan fingerprint density at radius 2 is 2.06 bits per heavy atom. The largest absolute Gasteiger partial charge is 0.398 e. The van der Waals surface area contributed by atoms with E-state index in [4.69, 9.17) is 17.3 Å². The lowest BCUT2D eigenvalue weighted by molar-refractivity contribution is 0.0940. The molecule has 0 aromatic heterocycles. The Kier molecular flexibility index (Phi) is 3.81. The van der Waals surface area contributed by atoms with Crippen LogP contribution in [0.2, 0.25) is 5.02 Å². The first-order valence-electron chi connectivity index (χ1n) is 5.13. The molecule has 1 aromatic rings. The molecule has 0 aliphatic rings. The summed E-state index contributed by atoms with van der Waals surface area (Å²) in [5.74, 6) is -0.224. The Labute approximate surface area is 101 Å². The maximum atomic E-state index is 11.9. The molecule has 0 fully saturated rings. The third-order valence-electron chi connectivity index (χ3n) is 2.05. The van der Waals surface area contributed by atoms with E-state index >= 15 is 0 Å². The lowest BCUT2D eigenvalue weighted by Gasteiger charge is -2.19. The molecule has 0 aliphatic carbocycles. The lowest BCUT2D eigenvalue weighted by atomic mass is 9.97. The van der Waals surface area contributed by atoms with E-state index in [1.165, 1.54) is 0 Å². The van der Waals surface area contributed by atoms with Crippen LogP contribution in [0.15, 0.2) is 18.2 Å². The highest BCUT2D eigenvalue weighted by Crippen LogP contribution is 2.22. The zero-order valence-corrected chi connectivity index (χ0v) is 10.6. The van der Waals surface area contributed by atoms with Crippen LogP contribution in [0, 0.1) is 5.41 Å². The molecule has 3 N–H and O–H groups in total. The van der Waals surface area contributed by atoms with E-state index in [9.17, 15) is 4.79 Å². The minimum absolute atomic E-state index is 0.0334. The topological polar surface area (TPSA) is 55.1 Å². The number of nitrogens with two attached hydrogens (primary N) is 1. The average Bonchev–Trinajstić information content (AvgIpc) is 2.13. The van der Waals surface area contributed by atoms with Crippen molar-refractivity contribution in [3.05, 3.63) is 28.8 Å². The summed E-state index contributed by atoms with van der Waals surface area (Å²) in [6, 6.07) is 5.04. The molecule has 3 nitrogen and oxygen atoms in total. The van der Waals surface area contributed by atoms with Crippen LogP contribution in [-0.2, 0) is 0 Å². The Bertz CT molecular complexity index is 376. The van der Waals surface area contributed by atoms with Crippen molar-refractivity contribution in [1.82, 2.24) is 5.32 Å². The van der Waals surface area contributed by atoms with Gasteiger partial charge in [-0.05, 0) is 17.5 Å². The maximum absolute atomic E-state index is 11.9. The molecule has 1 rings (SSSR count). The van der Waals surface area contributed by atoms with E-state index < -0.39 is 0 Å². The number of hydrogen-bond acceptors (Lipinski definition) is 2. The van der Waals surface area contributed by atoms with E-state index in [-0.39, 0.29) is 11.3 Å². The molecule has 1 amide bonds. The molecular formula is C12H17ClN2O. The highest BCUT2D eigenvalue weighted by atomic mass is 35.5. The zero-order chi connectivity index (χ0) is 12.3. The maximum Gasteiger partial charge on any atom is 0.254 e. The van der Waals surface area contributed by atoms with Gasteiger partial charge < -0.3 is 11.1 Å². The molecule has 0 radical (unpaired) electrons. The van der Waals surface area contributed by atoms with Crippen LogP contribution < -0.4 is 11.1 Å². The number of amides is 1. The molecule has 16 heavy (non-hydrogen) atoms. The van der Waals surface area contributed by atoms with Crippen LogP contribution in [0.5, 0.6) is 0 Å². The molecule has 0 saturated heterocycles. The van der Waals surface area contributed by atoms with Crippen LogP contribution in [0.3, 0.4) is 0 Å². The first-order chi connectivity index (χ1) is 7.31. The van der Waals surface area contributed by atoms with E-state index in [0.717, 1.165) is 0 Å². The Morgan fingerprint density at radius 1 is 1.44 bits per heavy atom. The van der Waals surface area contributed by atoms with Gasteiger partial charge in [0, 0.05) is 12.2 Å². The quantitative estimate of drug-likeness (QED) is 0.781. The van der Waals surface area contributed by atoms with Gasteiger partial charge in [-0.15, -0.1) is 0 Å². The molecule has 0 unspecified atom stereocenters. The molecule has 0 aliphatic heterocycles. The summed E-state index contributed by atoms with van der Waals surface area (Å²) < 4.78 is 0. The van der Waals surface area contributed by atoms with Gasteiger partial charge in [0.1, 0.15) is 0 Å². The minimum atomic E-state index is -0.224. The minimum Gasteiger partial charge on any atom is -0.398 e. The smallest absolute Gasteiger partial charge is 0.254 e. The first-order valence-corrected chi connectivity index (χ1v) is 5.51. The number of hydrogen-bond donors (Lipinski definition) is 2. The summed E-state index contributed by atoms with van der Waals surface area (Å²) in [5, 5.41) is 3.20. The van der Waals surface area contributed by atoms with Gasteiger partial charge in [-0.2, -0.15) is 0 Å². The van der Waals surface area contributed by atoms with Crippen LogP contribution in [0.4, 0.5) is 5.69 Å². The van der Waals surface area contributed by atoms with Crippen molar-refractivity contribution >= 4 is 23.2 Å². The SMILES string of the molecule is CC(C)(C)CNC(=O)c1c(N)cccc1Cl. The summed E-state index contributed by atoms with van der Waals surface area (Å²) >= 11 is 5.93. The number of nitrogens with one attached hydrogen (secondary N) is 1. The standard InChI is InChI=1S/C12H17ClN2O/c1-12(2,3)7-15-11(16)10-8(13)5-4-6-9(10)14/h4-6H,7,14H2,1-3H3,(H,15,16). The van der Waals surface area contributed by atoms with Crippen LogP contribution in [-0.4, -0.2) is 12.5 Å². The van der Waals surface area contributed by atoms with Crippen molar-refractivity contribution in [1.29, 1.82) is 0 Å². The molecule has 88 valence electrons. The normalized spacial score (nSPS) is 11.2. The molecule has 0 atom stereocenters. The number of benzene rings is 1. The van der Waals surface area contributed by atoms with Crippen molar-refractivity contribution in [2.45, 2.75) is 20.8 Å². The average molecular weight is 241 g/mol. The Morgan fingerprint density at radius 3 is 2.56 bits per heavy atom. The van der Waals surface area contributed by atoms with Gasteiger partial charge in [-0.3, -0.25) is 4.79 Å². The second kappa shape index (κ2) is 4.74. The molecule has 0 heterocycles. The van der Waals surface area contributed by atoms with E-state index in [2.05, 4.69) is 5.32 Å². The fourth-order valence-corrected chi connectivity index (χ4v) is 1.48. The number of carbonyl (C=O) groups is 1. The van der Waals surface area contributed by atoms with Gasteiger partial charge in [0.2, 0.25) is 0 Å². The molecular weight excluding hydrogens is 224 g/mol. The number of rotatable bonds is 2. The predicted molar refractivity (Wildman–Crippen MR) is 67.7 cm³/mol. The molecule has 0 spiro atoms. The van der Waals surface area contributed by atoms with Gasteiger partial charge in [0.15, 0.2) is 0 Å². The van der Waals surface area contributed by atoms with E-state index in [1.54, 1.807) is 18.2 Å². The summed E-state index contributed by atoms with van der Waals surface area (Å²) in [4.78, 5) is 11.9. The molecule has 0 bridgehead atoms. The summed E-state index contributed by atoms with van der Waals surface area (Å²) in [5.41, 5.74) is 6.51. The monoisotopic (exact) mass is 240 g/mol. The van der Waals surface area contributed by atoms with Crippen molar-refractivity contribution < 1.29 is 4.79 Å². The van der Waals surface area contributed by atoms with Crippen molar-refractivity contribution in [3.63, 3.8) is 0 Å². The van der Waals surface area contributed by atoms with Gasteiger partial charge in [0.25, 0.3) is 5.91 Å². The van der Waals surface area contributed by atoms with Gasteiger partial charge >= 0.3 is 0 Å². The fourth-order valence-electron chi connectivity index (χ4n) is 1.21. The highest BCUT2D eigenvalue weighted by molar-refractivity contribution is 6.34. The molecule has 1 aromatic carbocycles. The third kappa shape index (κ3) is 3.42. The summed E-state index contributed by atoms with van der Waals surface area (Å²) in [7, 11) is 0. The highest BCUT2D eigenvalue weighted by Gasteiger charge is 2.16. The first kappa shape index (κ1) is 12.8. The molecule has 4 heteroatoms. The number of halogens is 1. The molecule has 0 saturated carbocycles. The summed E-state index contributed by atoms with van der Waals surface area (Å²) in [6.07, 6.45) is 0. The Hall–Kier alpha value is -1.22. The Balaban J connectivity index is 2.81. The zero-order valence-electron chi connectivity index (χ0n) is 9.80. The predicted octanol–water partition coefficient (Wildman–Crippen LogP) is 2.70. The number of anilines is 1. The number of carbonyl (C=O) groups excluding carboxylic acids is 1. The van der Waals surface area contributed by atoms with Gasteiger partial charge in [0.05, 0.1) is 10.6 Å². The van der Waals surface area contributed by atoms with Crippen LogP contribution in [0.1, 0.15) is 31.1 Å². The summed E-state index contributed by atoms with van der Waals surface area (Å²) in [6.45, 7) is 6.71. The lowest BCUT2D eigenvalue weighted by Crippen LogP contribution is -2.32. The second-order valence-electron chi connectivity index (χ2n) is 4.95. The van der Waals surface area contributed by atoms with E-state index in [0.29, 0.717) is 22.8 Å². The third-order valence-corrected chi connectivity index (χ3v) is 2.37. The fraction of sp³-hybridized carbons (Fsp3) is 0.417. The number of nitrogen functional groups attached to an aromatic ring is 1. The van der Waals surface area contributed by atoms with Crippen molar-refractivity contribution in [2.75, 3.05) is 12.3 Å². The van der Waals surface area contributed by atoms with Crippen molar-refractivity contribution in [3.8, 4) is 0 Å². The van der Waals surface area contributed by atoms with Gasteiger partial charge in [-0.1, -0.05) is 38.4 Å². The van der Waals surface area contributed by atoms with Gasteiger partial charge in [-0.25, -0.2) is 0 Å².